The van der Waals surface area contributed by atoms with Gasteiger partial charge in [-0.25, -0.2) is 14.5 Å². The van der Waals surface area contributed by atoms with Crippen LogP contribution in [-0.4, -0.2) is 35.6 Å². The summed E-state index contributed by atoms with van der Waals surface area (Å²) in [6.45, 7) is 1.99. The van der Waals surface area contributed by atoms with Crippen molar-refractivity contribution in [3.05, 3.63) is 54.7 Å². The van der Waals surface area contributed by atoms with E-state index in [1.54, 1.807) is 23.1 Å². The Balaban J connectivity index is 1.69. The van der Waals surface area contributed by atoms with Crippen molar-refractivity contribution in [1.29, 1.82) is 0 Å². The summed E-state index contributed by atoms with van der Waals surface area (Å²) in [6, 6.07) is 7.40. The van der Waals surface area contributed by atoms with Crippen molar-refractivity contribution in [2.24, 2.45) is 0 Å². The number of nitrogens with one attached hydrogen (secondary N) is 2. The standard InChI is InChI=1S/C18H17N7O/c1-2-4-16(26)12-5-3-6-14(7-12)24-17-18-20-11-23-25(18)15(10-19-17)13-8-21-22-9-13/h3,5-11H,2,4H2,1H3,(H,19,24)(H,21,22). The van der Waals surface area contributed by atoms with E-state index in [1.807, 2.05) is 31.2 Å². The second kappa shape index (κ2) is 6.75. The third-order valence-electron chi connectivity index (χ3n) is 4.02. The highest BCUT2D eigenvalue weighted by Crippen LogP contribution is 2.24. The molecule has 0 unspecified atom stereocenters. The molecule has 1 aromatic carbocycles. The van der Waals surface area contributed by atoms with E-state index in [0.29, 0.717) is 23.4 Å². The third kappa shape index (κ3) is 2.92. The van der Waals surface area contributed by atoms with Gasteiger partial charge in [0.1, 0.15) is 6.33 Å². The quantitative estimate of drug-likeness (QED) is 0.519. The number of carbonyl (C=O) groups excluding carboxylic acids is 1. The summed E-state index contributed by atoms with van der Waals surface area (Å²) in [4.78, 5) is 20.9. The van der Waals surface area contributed by atoms with E-state index in [1.165, 1.54) is 6.33 Å². The summed E-state index contributed by atoms with van der Waals surface area (Å²) < 4.78 is 1.70. The van der Waals surface area contributed by atoms with E-state index >= 15 is 0 Å². The topological polar surface area (TPSA) is 101 Å². The molecule has 0 spiro atoms. The average Bonchev–Trinajstić information content (AvgIpc) is 3.35. The smallest absolute Gasteiger partial charge is 0.199 e. The van der Waals surface area contributed by atoms with Crippen LogP contribution in [0.3, 0.4) is 0 Å². The molecule has 4 rings (SSSR count). The van der Waals surface area contributed by atoms with Crippen LogP contribution in [0, 0.1) is 0 Å². The number of rotatable bonds is 6. The highest BCUT2D eigenvalue weighted by atomic mass is 16.1. The number of H-pyrrole nitrogens is 1. The first-order chi connectivity index (χ1) is 12.8. The molecule has 26 heavy (non-hydrogen) atoms. The molecule has 0 aliphatic rings. The first kappa shape index (κ1) is 15.9. The predicted octanol–water partition coefficient (Wildman–Crippen LogP) is 3.24. The number of aromatic amines is 1. The SMILES string of the molecule is CCCC(=O)c1cccc(Nc2ncc(-c3cn[nH]c3)n3ncnc23)c1. The summed E-state index contributed by atoms with van der Waals surface area (Å²) in [5, 5.41) is 14.2. The summed E-state index contributed by atoms with van der Waals surface area (Å²) in [5.41, 5.74) is 3.70. The molecule has 3 heterocycles. The van der Waals surface area contributed by atoms with E-state index in [0.717, 1.165) is 23.4 Å². The van der Waals surface area contributed by atoms with Crippen molar-refractivity contribution in [1.82, 2.24) is 29.8 Å². The fraction of sp³-hybridized carbons (Fsp3) is 0.167. The maximum atomic E-state index is 12.1. The number of Topliss-reactive ketones (excluding diaryl/α,β-unsaturated/α-hetero) is 1. The number of ketones is 1. The van der Waals surface area contributed by atoms with Gasteiger partial charge in [0.05, 0.1) is 18.1 Å². The van der Waals surface area contributed by atoms with Crippen LogP contribution < -0.4 is 5.32 Å². The summed E-state index contributed by atoms with van der Waals surface area (Å²) >= 11 is 0. The number of fused-ring (bicyclic) bond motifs is 1. The second-order valence-electron chi connectivity index (χ2n) is 5.85. The highest BCUT2D eigenvalue weighted by Gasteiger charge is 2.13. The average molecular weight is 347 g/mol. The minimum Gasteiger partial charge on any atom is -0.337 e. The molecular weight excluding hydrogens is 330 g/mol. The molecular formula is C18H17N7O. The Kier molecular flexibility index (Phi) is 4.14. The van der Waals surface area contributed by atoms with Gasteiger partial charge in [-0.05, 0) is 18.6 Å². The lowest BCUT2D eigenvalue weighted by Gasteiger charge is -2.09. The zero-order chi connectivity index (χ0) is 17.9. The zero-order valence-electron chi connectivity index (χ0n) is 14.2. The number of hydrogen-bond acceptors (Lipinski definition) is 6. The molecule has 2 N–H and O–H groups in total. The Bertz CT molecular complexity index is 1050. The van der Waals surface area contributed by atoms with Crippen molar-refractivity contribution in [3.8, 4) is 11.3 Å². The van der Waals surface area contributed by atoms with Crippen LogP contribution in [0.2, 0.25) is 0 Å². The molecule has 0 radical (unpaired) electrons. The monoisotopic (exact) mass is 347 g/mol. The fourth-order valence-electron chi connectivity index (χ4n) is 2.77. The molecule has 8 heteroatoms. The van der Waals surface area contributed by atoms with Crippen LogP contribution in [0.15, 0.2) is 49.2 Å². The van der Waals surface area contributed by atoms with Crippen LogP contribution >= 0.6 is 0 Å². The van der Waals surface area contributed by atoms with Gasteiger partial charge < -0.3 is 5.32 Å². The minimum atomic E-state index is 0.132. The van der Waals surface area contributed by atoms with Crippen LogP contribution in [0.25, 0.3) is 16.9 Å². The third-order valence-corrected chi connectivity index (χ3v) is 4.02. The van der Waals surface area contributed by atoms with E-state index in [4.69, 9.17) is 0 Å². The predicted molar refractivity (Wildman–Crippen MR) is 97.3 cm³/mol. The first-order valence-electron chi connectivity index (χ1n) is 8.34. The largest absolute Gasteiger partial charge is 0.337 e. The number of anilines is 2. The van der Waals surface area contributed by atoms with Gasteiger partial charge in [-0.3, -0.25) is 9.89 Å². The van der Waals surface area contributed by atoms with E-state index in [9.17, 15) is 4.79 Å². The van der Waals surface area contributed by atoms with Crippen LogP contribution in [0.4, 0.5) is 11.5 Å². The minimum absolute atomic E-state index is 0.132. The molecule has 4 aromatic rings. The number of hydrogen-bond donors (Lipinski definition) is 2. The molecule has 0 fully saturated rings. The van der Waals surface area contributed by atoms with Gasteiger partial charge >= 0.3 is 0 Å². The van der Waals surface area contributed by atoms with Crippen molar-refractivity contribution in [2.45, 2.75) is 19.8 Å². The normalized spacial score (nSPS) is 11.0. The first-order valence-corrected chi connectivity index (χ1v) is 8.34. The molecule has 0 atom stereocenters. The maximum absolute atomic E-state index is 12.1. The van der Waals surface area contributed by atoms with Crippen LogP contribution in [-0.2, 0) is 0 Å². The molecule has 0 saturated carbocycles. The molecule has 0 saturated heterocycles. The Morgan fingerprint density at radius 2 is 2.19 bits per heavy atom. The molecule has 0 aliphatic carbocycles. The van der Waals surface area contributed by atoms with E-state index < -0.39 is 0 Å². The summed E-state index contributed by atoms with van der Waals surface area (Å²) in [7, 11) is 0. The van der Waals surface area contributed by atoms with Crippen molar-refractivity contribution in [2.75, 3.05) is 5.32 Å². The van der Waals surface area contributed by atoms with Crippen molar-refractivity contribution < 1.29 is 4.79 Å². The number of benzene rings is 1. The van der Waals surface area contributed by atoms with Gasteiger partial charge in [0, 0.05) is 29.4 Å². The van der Waals surface area contributed by atoms with Crippen molar-refractivity contribution in [3.63, 3.8) is 0 Å². The number of nitrogens with zero attached hydrogens (tertiary/aromatic N) is 5. The van der Waals surface area contributed by atoms with E-state index in [2.05, 4.69) is 30.6 Å². The van der Waals surface area contributed by atoms with Gasteiger partial charge in [-0.15, -0.1) is 0 Å². The molecule has 0 bridgehead atoms. The summed E-state index contributed by atoms with van der Waals surface area (Å²) in [6.07, 6.45) is 8.03. The molecule has 0 amide bonds. The Morgan fingerprint density at radius 3 is 3.00 bits per heavy atom. The van der Waals surface area contributed by atoms with Gasteiger partial charge in [0.2, 0.25) is 0 Å². The van der Waals surface area contributed by atoms with Gasteiger partial charge in [-0.2, -0.15) is 10.2 Å². The highest BCUT2D eigenvalue weighted by molar-refractivity contribution is 5.97. The van der Waals surface area contributed by atoms with Gasteiger partial charge in [-0.1, -0.05) is 19.1 Å². The van der Waals surface area contributed by atoms with E-state index in [-0.39, 0.29) is 5.78 Å². The van der Waals surface area contributed by atoms with Gasteiger partial charge in [0.25, 0.3) is 0 Å². The Morgan fingerprint density at radius 1 is 1.27 bits per heavy atom. The Labute approximate surface area is 149 Å². The van der Waals surface area contributed by atoms with Crippen LogP contribution in [0.5, 0.6) is 0 Å². The molecule has 0 aliphatic heterocycles. The maximum Gasteiger partial charge on any atom is 0.199 e. The van der Waals surface area contributed by atoms with Crippen molar-refractivity contribution >= 4 is 22.9 Å². The molecule has 130 valence electrons. The van der Waals surface area contributed by atoms with Crippen LogP contribution in [0.1, 0.15) is 30.1 Å². The second-order valence-corrected chi connectivity index (χ2v) is 5.85. The van der Waals surface area contributed by atoms with Gasteiger partial charge in [0.15, 0.2) is 17.2 Å². The lowest BCUT2D eigenvalue weighted by molar-refractivity contribution is 0.0982. The summed E-state index contributed by atoms with van der Waals surface area (Å²) in [5.74, 6) is 0.696. The number of carbonyl (C=O) groups is 1. The lowest BCUT2D eigenvalue weighted by atomic mass is 10.1. The molecule has 8 nitrogen and oxygen atoms in total. The Hall–Kier alpha value is -3.55. The molecule has 3 aromatic heterocycles. The fourth-order valence-corrected chi connectivity index (χ4v) is 2.77. The number of aromatic nitrogens is 6. The zero-order valence-corrected chi connectivity index (χ0v) is 14.2. The lowest BCUT2D eigenvalue weighted by Crippen LogP contribution is -2.03.